The Labute approximate surface area is 205 Å². The first-order valence-electron chi connectivity index (χ1n) is 11.8. The zero-order valence-electron chi connectivity index (χ0n) is 19.4. The van der Waals surface area contributed by atoms with E-state index >= 15 is 0 Å². The molecule has 3 aromatic rings. The van der Waals surface area contributed by atoms with E-state index in [1.807, 2.05) is 91.0 Å². The molecule has 2 heterocycles. The second-order valence-electron chi connectivity index (χ2n) is 8.64. The monoisotopic (exact) mass is 474 g/mol. The van der Waals surface area contributed by atoms with Crippen LogP contribution in [0.1, 0.15) is 16.7 Å². The Morgan fingerprint density at radius 2 is 1.20 bits per heavy atom. The Hall–Kier alpha value is -3.23. The van der Waals surface area contributed by atoms with E-state index in [1.54, 1.807) is 0 Å². The van der Waals surface area contributed by atoms with Crippen LogP contribution in [0.25, 0.3) is 0 Å². The third-order valence-electron chi connectivity index (χ3n) is 6.08. The number of hydrogen-bond acceptors (Lipinski definition) is 7. The summed E-state index contributed by atoms with van der Waals surface area (Å²) >= 11 is 0. The molecule has 3 aromatic carbocycles. The van der Waals surface area contributed by atoms with Crippen molar-refractivity contribution < 1.29 is 23.7 Å². The molecule has 0 spiro atoms. The van der Waals surface area contributed by atoms with E-state index < -0.39 is 30.6 Å². The SMILES string of the molecule is NC1=N[C@H]2O[C@H](COCc3ccccc3)[C@@H](OCc3ccccc3)[C@H](OCc3ccccc3)[C@H]2O1. The van der Waals surface area contributed by atoms with Gasteiger partial charge in [0, 0.05) is 0 Å². The smallest absolute Gasteiger partial charge is 0.285 e. The molecule has 0 aliphatic carbocycles. The van der Waals surface area contributed by atoms with Gasteiger partial charge in [0.05, 0.1) is 26.4 Å². The molecular formula is C28H30N2O5. The highest BCUT2D eigenvalue weighted by Crippen LogP contribution is 2.33. The summed E-state index contributed by atoms with van der Waals surface area (Å²) in [6.45, 7) is 1.60. The fraction of sp³-hybridized carbons (Fsp3) is 0.321. The lowest BCUT2D eigenvalue weighted by molar-refractivity contribution is -0.249. The lowest BCUT2D eigenvalue weighted by atomic mass is 9.97. The third kappa shape index (κ3) is 6.07. The quantitative estimate of drug-likeness (QED) is 0.481. The maximum atomic E-state index is 6.43. The van der Waals surface area contributed by atoms with Crippen LogP contribution in [0.5, 0.6) is 0 Å². The second kappa shape index (κ2) is 11.5. The van der Waals surface area contributed by atoms with Gasteiger partial charge in [0.15, 0.2) is 12.3 Å². The standard InChI is InChI=1S/C28H30N2O5/c29-28-30-27-26(35-28)25(33-18-22-14-8-3-9-15-22)24(32-17-21-12-6-2-7-13-21)23(34-27)19-31-16-20-10-4-1-5-11-20/h1-15,23-27H,16-19H2,(H2,29,30)/t23-,24-,25+,26-,27+/m1/s1. The highest BCUT2D eigenvalue weighted by molar-refractivity contribution is 5.73. The van der Waals surface area contributed by atoms with Gasteiger partial charge in [-0.25, -0.2) is 0 Å². The summed E-state index contributed by atoms with van der Waals surface area (Å²) in [6.07, 6.45) is -2.38. The van der Waals surface area contributed by atoms with Crippen LogP contribution in [0, 0.1) is 0 Å². The molecule has 2 aliphatic heterocycles. The zero-order valence-corrected chi connectivity index (χ0v) is 19.4. The molecular weight excluding hydrogens is 444 g/mol. The zero-order chi connectivity index (χ0) is 23.9. The minimum absolute atomic E-state index is 0.0981. The summed E-state index contributed by atoms with van der Waals surface area (Å²) in [4.78, 5) is 4.34. The van der Waals surface area contributed by atoms with Gasteiger partial charge in [-0.05, 0) is 16.7 Å². The maximum absolute atomic E-state index is 6.43. The van der Waals surface area contributed by atoms with Crippen molar-refractivity contribution in [1.82, 2.24) is 0 Å². The molecule has 0 unspecified atom stereocenters. The largest absolute Gasteiger partial charge is 0.454 e. The van der Waals surface area contributed by atoms with Crippen LogP contribution in [0.3, 0.4) is 0 Å². The Morgan fingerprint density at radius 3 is 1.77 bits per heavy atom. The predicted molar refractivity (Wildman–Crippen MR) is 131 cm³/mol. The summed E-state index contributed by atoms with van der Waals surface area (Å²) in [5.41, 5.74) is 9.12. The number of rotatable bonds is 10. The number of aliphatic imine (C=N–C) groups is 1. The fourth-order valence-corrected chi connectivity index (χ4v) is 4.35. The van der Waals surface area contributed by atoms with Gasteiger partial charge in [-0.15, -0.1) is 0 Å². The van der Waals surface area contributed by atoms with Crippen molar-refractivity contribution in [1.29, 1.82) is 0 Å². The van der Waals surface area contributed by atoms with Crippen molar-refractivity contribution in [3.63, 3.8) is 0 Å². The van der Waals surface area contributed by atoms with E-state index in [-0.39, 0.29) is 6.02 Å². The van der Waals surface area contributed by atoms with Crippen LogP contribution in [-0.2, 0) is 43.5 Å². The van der Waals surface area contributed by atoms with Crippen molar-refractivity contribution in [2.75, 3.05) is 6.61 Å². The van der Waals surface area contributed by atoms with Crippen molar-refractivity contribution in [2.24, 2.45) is 10.7 Å². The summed E-state index contributed by atoms with van der Waals surface area (Å²) in [6, 6.07) is 30.2. The molecule has 0 bridgehead atoms. The van der Waals surface area contributed by atoms with E-state index in [0.29, 0.717) is 26.4 Å². The molecule has 1 saturated heterocycles. The average molecular weight is 475 g/mol. The molecule has 7 nitrogen and oxygen atoms in total. The molecule has 5 rings (SSSR count). The molecule has 2 aliphatic rings. The van der Waals surface area contributed by atoms with E-state index in [4.69, 9.17) is 29.4 Å². The molecule has 5 atom stereocenters. The second-order valence-corrected chi connectivity index (χ2v) is 8.64. The van der Waals surface area contributed by atoms with Crippen molar-refractivity contribution >= 4 is 6.02 Å². The lowest BCUT2D eigenvalue weighted by Crippen LogP contribution is -2.59. The minimum Gasteiger partial charge on any atom is -0.454 e. The van der Waals surface area contributed by atoms with Crippen LogP contribution in [0.15, 0.2) is 96.0 Å². The molecule has 1 fully saturated rings. The average Bonchev–Trinajstić information content (AvgIpc) is 3.28. The summed E-state index contributed by atoms with van der Waals surface area (Å²) < 4.78 is 31.0. The maximum Gasteiger partial charge on any atom is 0.285 e. The Morgan fingerprint density at radius 1 is 0.686 bits per heavy atom. The Kier molecular flexibility index (Phi) is 7.70. The van der Waals surface area contributed by atoms with Crippen LogP contribution < -0.4 is 5.73 Å². The number of nitrogens with two attached hydrogens (primary N) is 1. The van der Waals surface area contributed by atoms with Crippen molar-refractivity contribution in [2.45, 2.75) is 50.5 Å². The molecule has 0 amide bonds. The third-order valence-corrected chi connectivity index (χ3v) is 6.08. The normalized spacial score (nSPS) is 25.5. The number of fused-ring (bicyclic) bond motifs is 1. The molecule has 182 valence electrons. The molecule has 0 saturated carbocycles. The van der Waals surface area contributed by atoms with Gasteiger partial charge < -0.3 is 29.4 Å². The first kappa shape index (κ1) is 23.5. The van der Waals surface area contributed by atoms with Crippen molar-refractivity contribution in [3.8, 4) is 0 Å². The number of nitrogens with zero attached hydrogens (tertiary/aromatic N) is 1. The Balaban J connectivity index is 1.33. The number of amidine groups is 1. The van der Waals surface area contributed by atoms with Crippen LogP contribution in [-0.4, -0.2) is 43.3 Å². The summed E-state index contributed by atoms with van der Waals surface area (Å²) in [7, 11) is 0. The highest BCUT2D eigenvalue weighted by atomic mass is 16.6. The van der Waals surface area contributed by atoms with E-state index in [2.05, 4.69) is 4.99 Å². The number of benzene rings is 3. The lowest BCUT2D eigenvalue weighted by Gasteiger charge is -2.42. The topological polar surface area (TPSA) is 84.5 Å². The van der Waals surface area contributed by atoms with E-state index in [1.165, 1.54) is 0 Å². The number of ether oxygens (including phenoxy) is 5. The first-order valence-corrected chi connectivity index (χ1v) is 11.8. The molecule has 0 radical (unpaired) electrons. The van der Waals surface area contributed by atoms with Crippen molar-refractivity contribution in [3.05, 3.63) is 108 Å². The highest BCUT2D eigenvalue weighted by Gasteiger charge is 2.51. The van der Waals surface area contributed by atoms with Gasteiger partial charge in [-0.3, -0.25) is 0 Å². The summed E-state index contributed by atoms with van der Waals surface area (Å²) in [5.74, 6) is 0. The minimum atomic E-state index is -0.572. The molecule has 35 heavy (non-hydrogen) atoms. The van der Waals surface area contributed by atoms with Gasteiger partial charge in [-0.1, -0.05) is 91.0 Å². The molecule has 0 aromatic heterocycles. The van der Waals surface area contributed by atoms with Crippen LogP contribution >= 0.6 is 0 Å². The number of hydrogen-bond donors (Lipinski definition) is 1. The van der Waals surface area contributed by atoms with Gasteiger partial charge >= 0.3 is 0 Å². The summed E-state index contributed by atoms with van der Waals surface area (Å²) in [5, 5.41) is 0. The van der Waals surface area contributed by atoms with E-state index in [9.17, 15) is 0 Å². The van der Waals surface area contributed by atoms with Crippen LogP contribution in [0.2, 0.25) is 0 Å². The fourth-order valence-electron chi connectivity index (χ4n) is 4.35. The first-order chi connectivity index (χ1) is 17.3. The van der Waals surface area contributed by atoms with Gasteiger partial charge in [-0.2, -0.15) is 4.99 Å². The molecule has 2 N–H and O–H groups in total. The van der Waals surface area contributed by atoms with E-state index in [0.717, 1.165) is 16.7 Å². The predicted octanol–water partition coefficient (Wildman–Crippen LogP) is 3.81. The van der Waals surface area contributed by atoms with Gasteiger partial charge in [0.1, 0.15) is 18.3 Å². The molecule has 7 heteroatoms. The van der Waals surface area contributed by atoms with Crippen LogP contribution in [0.4, 0.5) is 0 Å². The van der Waals surface area contributed by atoms with Gasteiger partial charge in [0.25, 0.3) is 6.02 Å². The van der Waals surface area contributed by atoms with Gasteiger partial charge in [0.2, 0.25) is 0 Å². The Bertz CT molecular complexity index is 1080.